The molecule has 0 aliphatic rings. The zero-order chi connectivity index (χ0) is 18.4. The van der Waals surface area contributed by atoms with E-state index < -0.39 is 13.3 Å². The fourth-order valence-corrected chi connectivity index (χ4v) is 3.28. The fraction of sp³-hybridized carbons (Fsp3) is 0.278. The first kappa shape index (κ1) is 19.0. The Hall–Kier alpha value is -2.30. The van der Waals surface area contributed by atoms with Crippen molar-refractivity contribution in [3.63, 3.8) is 0 Å². The van der Waals surface area contributed by atoms with Gasteiger partial charge in [-0.15, -0.1) is 0 Å². The van der Waals surface area contributed by atoms with Gasteiger partial charge in [-0.05, 0) is 30.7 Å². The minimum absolute atomic E-state index is 0.0157. The number of unbranched alkanes of at least 4 members (excludes halogenated alkanes) is 1. The van der Waals surface area contributed by atoms with Gasteiger partial charge >= 0.3 is 5.97 Å². The van der Waals surface area contributed by atoms with E-state index in [1.807, 2.05) is 18.2 Å². The number of nitrogens with one attached hydrogen (secondary N) is 1. The van der Waals surface area contributed by atoms with Crippen LogP contribution < -0.4 is 20.9 Å². The Kier molecular flexibility index (Phi) is 6.23. The average Bonchev–Trinajstić information content (AvgIpc) is 2.56. The Bertz CT molecular complexity index is 787. The second-order valence-electron chi connectivity index (χ2n) is 5.86. The van der Waals surface area contributed by atoms with Crippen molar-refractivity contribution in [2.45, 2.75) is 19.8 Å². The summed E-state index contributed by atoms with van der Waals surface area (Å²) in [4.78, 5) is 11.4. The van der Waals surface area contributed by atoms with E-state index in [4.69, 9.17) is 10.2 Å². The number of benzene rings is 2. The Morgan fingerprint density at radius 3 is 2.52 bits per heavy atom. The number of carbonyl (C=O) groups is 1. The summed E-state index contributed by atoms with van der Waals surface area (Å²) < 4.78 is 18.5. The predicted octanol–water partition coefficient (Wildman–Crippen LogP) is 3.88. The number of anilines is 1. The van der Waals surface area contributed by atoms with Gasteiger partial charge in [0.15, 0.2) is 13.0 Å². The number of nitrogens with two attached hydrogens (primary N) is 1. The number of rotatable bonds is 8. The zero-order valence-electron chi connectivity index (χ0n) is 14.4. The van der Waals surface area contributed by atoms with Crippen LogP contribution in [-0.2, 0) is 4.57 Å². The van der Waals surface area contributed by atoms with E-state index in [9.17, 15) is 14.5 Å². The Balaban J connectivity index is 2.57. The predicted molar refractivity (Wildman–Crippen MR) is 101 cm³/mol. The van der Waals surface area contributed by atoms with Gasteiger partial charge in [0.05, 0.1) is 16.6 Å². The van der Waals surface area contributed by atoms with Crippen LogP contribution in [-0.4, -0.2) is 24.3 Å². The first-order valence-corrected chi connectivity index (χ1v) is 10.3. The van der Waals surface area contributed by atoms with Crippen molar-refractivity contribution in [3.05, 3.63) is 48.0 Å². The molecule has 7 heteroatoms. The highest BCUT2D eigenvalue weighted by Crippen LogP contribution is 2.40. The van der Waals surface area contributed by atoms with Crippen LogP contribution in [0.2, 0.25) is 0 Å². The molecule has 6 nitrogen and oxygen atoms in total. The maximum absolute atomic E-state index is 12.6. The SMILES string of the molecule is CCCCNc1cc(C(=O)O)cc(P(C)(N)=O)c1Oc1ccccc1. The van der Waals surface area contributed by atoms with Crippen molar-refractivity contribution in [2.75, 3.05) is 18.5 Å². The molecule has 0 aromatic heterocycles. The number of carboxylic acids is 1. The van der Waals surface area contributed by atoms with E-state index in [2.05, 4.69) is 12.2 Å². The van der Waals surface area contributed by atoms with Crippen LogP contribution >= 0.6 is 7.29 Å². The van der Waals surface area contributed by atoms with Gasteiger partial charge in [0, 0.05) is 13.2 Å². The third-order valence-electron chi connectivity index (χ3n) is 3.60. The number of ether oxygens (including phenoxy) is 1. The largest absolute Gasteiger partial charge is 0.478 e. The van der Waals surface area contributed by atoms with E-state index in [0.717, 1.165) is 12.8 Å². The van der Waals surface area contributed by atoms with Crippen molar-refractivity contribution in [3.8, 4) is 11.5 Å². The Morgan fingerprint density at radius 2 is 1.96 bits per heavy atom. The van der Waals surface area contributed by atoms with Gasteiger partial charge in [0.1, 0.15) is 5.75 Å². The molecular formula is C18H23N2O4P. The molecule has 2 rings (SSSR count). The van der Waals surface area contributed by atoms with Gasteiger partial charge in [-0.1, -0.05) is 31.5 Å². The van der Waals surface area contributed by atoms with Gasteiger partial charge in [-0.2, -0.15) is 0 Å². The summed E-state index contributed by atoms with van der Waals surface area (Å²) in [6.45, 7) is 4.09. The normalized spacial score (nSPS) is 13.1. The molecule has 0 amide bonds. The highest BCUT2D eigenvalue weighted by molar-refractivity contribution is 7.68. The quantitative estimate of drug-likeness (QED) is 0.486. The summed E-state index contributed by atoms with van der Waals surface area (Å²) >= 11 is 0. The highest BCUT2D eigenvalue weighted by Gasteiger charge is 2.24. The van der Waals surface area contributed by atoms with Crippen LogP contribution in [0.25, 0.3) is 0 Å². The summed E-state index contributed by atoms with van der Waals surface area (Å²) in [5.41, 5.74) is 6.35. The smallest absolute Gasteiger partial charge is 0.335 e. The molecule has 25 heavy (non-hydrogen) atoms. The van der Waals surface area contributed by atoms with Crippen molar-refractivity contribution in [1.29, 1.82) is 0 Å². The number of hydrogen-bond donors (Lipinski definition) is 3. The van der Waals surface area contributed by atoms with E-state index in [0.29, 0.717) is 23.7 Å². The lowest BCUT2D eigenvalue weighted by molar-refractivity contribution is 0.0697. The first-order chi connectivity index (χ1) is 11.8. The molecule has 0 fully saturated rings. The van der Waals surface area contributed by atoms with Crippen molar-refractivity contribution < 1.29 is 19.2 Å². The summed E-state index contributed by atoms with van der Waals surface area (Å²) in [6, 6.07) is 11.8. The molecule has 0 aliphatic heterocycles. The van der Waals surface area contributed by atoms with Crippen molar-refractivity contribution in [2.24, 2.45) is 5.50 Å². The second kappa shape index (κ2) is 8.19. The van der Waals surface area contributed by atoms with Crippen LogP contribution in [0.3, 0.4) is 0 Å². The maximum Gasteiger partial charge on any atom is 0.335 e. The zero-order valence-corrected chi connectivity index (χ0v) is 15.3. The minimum atomic E-state index is -3.25. The molecule has 4 N–H and O–H groups in total. The molecule has 0 bridgehead atoms. The van der Waals surface area contributed by atoms with Gasteiger partial charge < -0.3 is 19.7 Å². The molecule has 1 unspecified atom stereocenters. The Morgan fingerprint density at radius 1 is 1.28 bits per heavy atom. The second-order valence-corrected chi connectivity index (χ2v) is 8.32. The molecule has 1 atom stereocenters. The summed E-state index contributed by atoms with van der Waals surface area (Å²) in [6.07, 6.45) is 1.89. The highest BCUT2D eigenvalue weighted by atomic mass is 31.2. The van der Waals surface area contributed by atoms with Crippen LogP contribution in [0.5, 0.6) is 11.5 Å². The molecule has 0 heterocycles. The number of para-hydroxylation sites is 1. The van der Waals surface area contributed by atoms with E-state index >= 15 is 0 Å². The van der Waals surface area contributed by atoms with Gasteiger partial charge in [0.2, 0.25) is 0 Å². The van der Waals surface area contributed by atoms with Gasteiger partial charge in [0.25, 0.3) is 0 Å². The standard InChI is InChI=1S/C18H23N2O4P/c1-3-4-10-20-15-11-13(18(21)22)12-16(25(2,19)23)17(15)24-14-8-6-5-7-9-14/h5-9,11-12,20H,3-4,10H2,1-2H3,(H2,19,23)(H,21,22). The van der Waals surface area contributed by atoms with E-state index in [1.54, 1.807) is 12.1 Å². The summed E-state index contributed by atoms with van der Waals surface area (Å²) in [5, 5.41) is 12.7. The van der Waals surface area contributed by atoms with Crippen molar-refractivity contribution in [1.82, 2.24) is 0 Å². The summed E-state index contributed by atoms with van der Waals surface area (Å²) in [7, 11) is -3.25. The van der Waals surface area contributed by atoms with Crippen molar-refractivity contribution >= 4 is 24.3 Å². The maximum atomic E-state index is 12.6. The molecule has 2 aromatic rings. The molecular weight excluding hydrogens is 339 g/mol. The van der Waals surface area contributed by atoms with Crippen LogP contribution in [0.1, 0.15) is 30.1 Å². The first-order valence-electron chi connectivity index (χ1n) is 8.07. The Labute approximate surface area is 147 Å². The van der Waals surface area contributed by atoms with E-state index in [1.165, 1.54) is 18.8 Å². The third-order valence-corrected chi connectivity index (χ3v) is 4.89. The lowest BCUT2D eigenvalue weighted by atomic mass is 10.1. The average molecular weight is 362 g/mol. The molecule has 0 saturated carbocycles. The molecule has 2 aromatic carbocycles. The molecule has 0 aliphatic carbocycles. The fourth-order valence-electron chi connectivity index (χ4n) is 2.31. The number of aromatic carboxylic acids is 1. The van der Waals surface area contributed by atoms with Crippen LogP contribution in [0.4, 0.5) is 5.69 Å². The number of hydrogen-bond acceptors (Lipinski definition) is 4. The topological polar surface area (TPSA) is 102 Å². The molecule has 0 radical (unpaired) electrons. The third kappa shape index (κ3) is 5.08. The van der Waals surface area contributed by atoms with Gasteiger partial charge in [-0.25, -0.2) is 4.79 Å². The summed E-state index contributed by atoms with van der Waals surface area (Å²) in [5.74, 6) is -0.251. The molecule has 134 valence electrons. The lowest BCUT2D eigenvalue weighted by Gasteiger charge is -2.20. The van der Waals surface area contributed by atoms with E-state index in [-0.39, 0.29) is 10.9 Å². The van der Waals surface area contributed by atoms with Crippen LogP contribution in [0.15, 0.2) is 42.5 Å². The minimum Gasteiger partial charge on any atom is -0.478 e. The number of carboxylic acid groups (broad SMARTS) is 1. The lowest BCUT2D eigenvalue weighted by Crippen LogP contribution is -2.18. The van der Waals surface area contributed by atoms with Crippen LogP contribution in [0, 0.1) is 0 Å². The molecule has 0 saturated heterocycles. The molecule has 0 spiro atoms. The van der Waals surface area contributed by atoms with Gasteiger partial charge in [-0.3, -0.25) is 5.50 Å². The monoisotopic (exact) mass is 362 g/mol.